The van der Waals surface area contributed by atoms with Crippen molar-refractivity contribution < 1.29 is 23.9 Å². The van der Waals surface area contributed by atoms with Crippen LogP contribution in [0.15, 0.2) is 48.7 Å². The van der Waals surface area contributed by atoms with E-state index in [1.807, 2.05) is 26.0 Å². The van der Waals surface area contributed by atoms with E-state index in [1.54, 1.807) is 45.3 Å². The Labute approximate surface area is 225 Å². The Bertz CT molecular complexity index is 1060. The van der Waals surface area contributed by atoms with E-state index in [1.165, 1.54) is 15.9 Å². The summed E-state index contributed by atoms with van der Waals surface area (Å²) in [5, 5.41) is 5.67. The normalized spacial score (nSPS) is 21.7. The molecule has 1 saturated heterocycles. The first-order valence-corrected chi connectivity index (χ1v) is 12.9. The Kier molecular flexibility index (Phi) is 11.8. The zero-order valence-electron chi connectivity index (χ0n) is 23.0. The van der Waals surface area contributed by atoms with Crippen LogP contribution in [-0.2, 0) is 19.2 Å². The SMILES string of the molecule is C=C=CCOc1ccc(C=CC(=O)N[C@@H]2CCCCNC(=O)[C@H](C)N(C)C(=O)[C@H](C(C)C)N(C)C2=O)cc1. The third kappa shape index (κ3) is 8.63. The molecule has 9 heteroatoms. The van der Waals surface area contributed by atoms with Gasteiger partial charge in [-0.25, -0.2) is 0 Å². The van der Waals surface area contributed by atoms with E-state index in [0.29, 0.717) is 38.2 Å². The lowest BCUT2D eigenvalue weighted by Gasteiger charge is -2.36. The number of carbonyl (C=O) groups excluding carboxylic acids is 4. The minimum absolute atomic E-state index is 0.199. The Hall–Kier alpha value is -3.84. The molecule has 0 aliphatic carbocycles. The Morgan fingerprint density at radius 1 is 1.16 bits per heavy atom. The fourth-order valence-corrected chi connectivity index (χ4v) is 4.21. The molecule has 3 atom stereocenters. The highest BCUT2D eigenvalue weighted by Gasteiger charge is 2.37. The van der Waals surface area contributed by atoms with Crippen LogP contribution >= 0.6 is 0 Å². The third-order valence-corrected chi connectivity index (χ3v) is 6.58. The van der Waals surface area contributed by atoms with Gasteiger partial charge in [0.1, 0.15) is 30.5 Å². The molecule has 0 bridgehead atoms. The zero-order chi connectivity index (χ0) is 28.2. The Morgan fingerprint density at radius 2 is 1.84 bits per heavy atom. The lowest BCUT2D eigenvalue weighted by atomic mass is 9.99. The van der Waals surface area contributed by atoms with Crippen LogP contribution in [0.4, 0.5) is 0 Å². The molecule has 1 aliphatic rings. The van der Waals surface area contributed by atoms with E-state index in [-0.39, 0.29) is 23.6 Å². The molecule has 0 radical (unpaired) electrons. The van der Waals surface area contributed by atoms with Crippen LogP contribution in [0.3, 0.4) is 0 Å². The predicted octanol–water partition coefficient (Wildman–Crippen LogP) is 2.53. The third-order valence-electron chi connectivity index (χ3n) is 6.58. The number of rotatable bonds is 7. The van der Waals surface area contributed by atoms with E-state index in [2.05, 4.69) is 22.9 Å². The summed E-state index contributed by atoms with van der Waals surface area (Å²) < 4.78 is 5.51. The average molecular weight is 525 g/mol. The van der Waals surface area contributed by atoms with Crippen LogP contribution < -0.4 is 15.4 Å². The second-order valence-electron chi connectivity index (χ2n) is 9.73. The summed E-state index contributed by atoms with van der Waals surface area (Å²) in [6.45, 7) is 9.66. The Balaban J connectivity index is 2.17. The van der Waals surface area contributed by atoms with E-state index in [9.17, 15) is 19.2 Å². The maximum Gasteiger partial charge on any atom is 0.246 e. The molecule has 1 fully saturated rings. The van der Waals surface area contributed by atoms with Gasteiger partial charge in [-0.15, -0.1) is 5.73 Å². The summed E-state index contributed by atoms with van der Waals surface area (Å²) in [4.78, 5) is 54.9. The standard InChI is InChI=1S/C29H40N4O5/c1-7-8-19-38-23-15-12-22(13-16-23)14-17-25(34)31-24-11-9-10-18-30-27(35)21(4)32(5)29(37)26(20(2)3)33(6)28(24)36/h8,12-17,20-21,24,26H,1,9-11,18-19H2,2-6H3,(H,30,35)(H,31,34)/t21-,24+,26-/m0/s1. The van der Waals surface area contributed by atoms with Gasteiger partial charge in [0, 0.05) is 26.7 Å². The molecule has 1 aromatic carbocycles. The van der Waals surface area contributed by atoms with Gasteiger partial charge in [0.15, 0.2) is 0 Å². The van der Waals surface area contributed by atoms with Crippen LogP contribution in [0.25, 0.3) is 6.08 Å². The van der Waals surface area contributed by atoms with Crippen molar-refractivity contribution in [2.24, 2.45) is 5.92 Å². The second kappa shape index (κ2) is 14.8. The lowest BCUT2D eigenvalue weighted by molar-refractivity contribution is -0.149. The fourth-order valence-electron chi connectivity index (χ4n) is 4.21. The van der Waals surface area contributed by atoms with Crippen LogP contribution in [0, 0.1) is 5.92 Å². The van der Waals surface area contributed by atoms with Crippen molar-refractivity contribution in [1.82, 2.24) is 20.4 Å². The van der Waals surface area contributed by atoms with E-state index in [0.717, 1.165) is 5.56 Å². The molecule has 1 aromatic rings. The van der Waals surface area contributed by atoms with Crippen LogP contribution in [0.5, 0.6) is 5.75 Å². The van der Waals surface area contributed by atoms with Crippen LogP contribution in [0.2, 0.25) is 0 Å². The minimum Gasteiger partial charge on any atom is -0.489 e. The quantitative estimate of drug-likeness (QED) is 0.421. The number of nitrogens with zero attached hydrogens (tertiary/aromatic N) is 2. The van der Waals surface area contributed by atoms with Gasteiger partial charge in [0.2, 0.25) is 23.6 Å². The summed E-state index contributed by atoms with van der Waals surface area (Å²) in [6.07, 6.45) is 6.35. The maximum absolute atomic E-state index is 13.5. The topological polar surface area (TPSA) is 108 Å². The molecule has 1 heterocycles. The number of hydrogen-bond acceptors (Lipinski definition) is 5. The fraction of sp³-hybridized carbons (Fsp3) is 0.483. The maximum atomic E-state index is 13.5. The summed E-state index contributed by atoms with van der Waals surface area (Å²) in [7, 11) is 3.15. The minimum atomic E-state index is -0.806. The van der Waals surface area contributed by atoms with Gasteiger partial charge >= 0.3 is 0 Å². The van der Waals surface area contributed by atoms with Gasteiger partial charge in [-0.05, 0) is 62.0 Å². The first kappa shape index (κ1) is 30.4. The van der Waals surface area contributed by atoms with Crippen molar-refractivity contribution in [3.63, 3.8) is 0 Å². The molecule has 0 unspecified atom stereocenters. The van der Waals surface area contributed by atoms with Crippen LogP contribution in [-0.4, -0.2) is 78.8 Å². The molecule has 4 amide bonds. The van der Waals surface area contributed by atoms with E-state index in [4.69, 9.17) is 4.74 Å². The zero-order valence-corrected chi connectivity index (χ0v) is 23.0. The van der Waals surface area contributed by atoms with Gasteiger partial charge in [0.25, 0.3) is 0 Å². The summed E-state index contributed by atoms with van der Waals surface area (Å²) in [5.74, 6) is -0.829. The molecule has 38 heavy (non-hydrogen) atoms. The Morgan fingerprint density at radius 3 is 2.47 bits per heavy atom. The molecule has 0 aromatic heterocycles. The first-order chi connectivity index (χ1) is 18.1. The van der Waals surface area contributed by atoms with E-state index < -0.39 is 24.0 Å². The number of hydrogen-bond donors (Lipinski definition) is 2. The molecule has 0 saturated carbocycles. The van der Waals surface area contributed by atoms with Gasteiger partial charge in [-0.2, -0.15) is 0 Å². The summed E-state index contributed by atoms with van der Waals surface area (Å²) in [6, 6.07) is 4.97. The largest absolute Gasteiger partial charge is 0.489 e. The molecular weight excluding hydrogens is 484 g/mol. The van der Waals surface area contributed by atoms with Crippen molar-refractivity contribution >= 4 is 29.7 Å². The molecule has 2 rings (SSSR count). The number of amides is 4. The smallest absolute Gasteiger partial charge is 0.246 e. The molecule has 1 aliphatic heterocycles. The van der Waals surface area contributed by atoms with Crippen molar-refractivity contribution in [1.29, 1.82) is 0 Å². The number of likely N-dealkylation sites (N-methyl/N-ethyl adjacent to an activating group) is 2. The van der Waals surface area contributed by atoms with Crippen molar-refractivity contribution in [2.45, 2.75) is 58.2 Å². The highest BCUT2D eigenvalue weighted by atomic mass is 16.5. The number of ether oxygens (including phenoxy) is 1. The number of nitrogens with one attached hydrogen (secondary N) is 2. The summed E-state index contributed by atoms with van der Waals surface area (Å²) in [5.41, 5.74) is 3.44. The molecule has 206 valence electrons. The first-order valence-electron chi connectivity index (χ1n) is 12.9. The number of benzene rings is 1. The predicted molar refractivity (Wildman–Crippen MR) is 147 cm³/mol. The molecule has 2 N–H and O–H groups in total. The molecule has 0 spiro atoms. The van der Waals surface area contributed by atoms with Gasteiger partial charge < -0.3 is 25.2 Å². The monoisotopic (exact) mass is 524 g/mol. The van der Waals surface area contributed by atoms with Crippen LogP contribution in [0.1, 0.15) is 45.6 Å². The second-order valence-corrected chi connectivity index (χ2v) is 9.73. The highest BCUT2D eigenvalue weighted by molar-refractivity contribution is 5.97. The molecule has 9 nitrogen and oxygen atoms in total. The van der Waals surface area contributed by atoms with Crippen molar-refractivity contribution in [3.8, 4) is 5.75 Å². The lowest BCUT2D eigenvalue weighted by Crippen LogP contribution is -2.58. The highest BCUT2D eigenvalue weighted by Crippen LogP contribution is 2.18. The van der Waals surface area contributed by atoms with Gasteiger partial charge in [0.05, 0.1) is 0 Å². The van der Waals surface area contributed by atoms with E-state index >= 15 is 0 Å². The van der Waals surface area contributed by atoms with Gasteiger partial charge in [-0.1, -0.05) is 32.6 Å². The number of carbonyl (C=O) groups is 4. The van der Waals surface area contributed by atoms with Crippen molar-refractivity contribution in [3.05, 3.63) is 54.3 Å². The average Bonchev–Trinajstić information content (AvgIpc) is 2.90. The molecular formula is C29H40N4O5. The summed E-state index contributed by atoms with van der Waals surface area (Å²) >= 11 is 0. The van der Waals surface area contributed by atoms with Crippen molar-refractivity contribution in [2.75, 3.05) is 27.2 Å². The van der Waals surface area contributed by atoms with Gasteiger partial charge in [-0.3, -0.25) is 19.2 Å².